The first-order valence-electron chi connectivity index (χ1n) is 8.88. The number of pyridine rings is 1. The van der Waals surface area contributed by atoms with Gasteiger partial charge < -0.3 is 9.80 Å². The molecule has 3 heterocycles. The minimum Gasteiger partial charge on any atom is -0.336 e. The fourth-order valence-electron chi connectivity index (χ4n) is 3.73. The van der Waals surface area contributed by atoms with Crippen LogP contribution >= 0.6 is 11.3 Å². The molecule has 5 nitrogen and oxygen atoms in total. The van der Waals surface area contributed by atoms with Gasteiger partial charge in [-0.3, -0.25) is 9.78 Å². The normalized spacial score (nSPS) is 18.8. The number of carbonyl (C=O) groups is 1. The zero-order chi connectivity index (χ0) is 17.9. The van der Waals surface area contributed by atoms with E-state index < -0.39 is 0 Å². The van der Waals surface area contributed by atoms with Gasteiger partial charge in [0.15, 0.2) is 0 Å². The topological polar surface area (TPSA) is 49.3 Å². The summed E-state index contributed by atoms with van der Waals surface area (Å²) in [6, 6.07) is 8.37. The number of amides is 1. The fourth-order valence-corrected chi connectivity index (χ4v) is 4.26. The number of hydrogen-bond donors (Lipinski definition) is 0. The lowest BCUT2D eigenvalue weighted by molar-refractivity contribution is 0.0741. The second-order valence-corrected chi connectivity index (χ2v) is 7.70. The largest absolute Gasteiger partial charge is 0.336 e. The Kier molecular flexibility index (Phi) is 4.95. The summed E-state index contributed by atoms with van der Waals surface area (Å²) in [6.07, 6.45) is 4.80. The Labute approximate surface area is 157 Å². The third-order valence-corrected chi connectivity index (χ3v) is 5.58. The maximum atomic E-state index is 12.8. The molecule has 26 heavy (non-hydrogen) atoms. The quantitative estimate of drug-likeness (QED) is 0.715. The number of nitrogens with zero attached hydrogens (tertiary/aromatic N) is 4. The molecule has 1 fully saturated rings. The zero-order valence-corrected chi connectivity index (χ0v) is 15.7. The third-order valence-electron chi connectivity index (χ3n) is 5.00. The van der Waals surface area contributed by atoms with Crippen LogP contribution < -0.4 is 0 Å². The summed E-state index contributed by atoms with van der Waals surface area (Å²) in [6.45, 7) is 3.37. The average molecular weight is 366 g/mol. The van der Waals surface area contributed by atoms with E-state index in [1.165, 1.54) is 27.7 Å². The van der Waals surface area contributed by atoms with Crippen molar-refractivity contribution in [3.05, 3.63) is 58.8 Å². The lowest BCUT2D eigenvalue weighted by Crippen LogP contribution is -2.36. The zero-order valence-electron chi connectivity index (χ0n) is 14.8. The van der Waals surface area contributed by atoms with Crippen LogP contribution in [0.3, 0.4) is 0 Å². The molecule has 6 heteroatoms. The Morgan fingerprint density at radius 3 is 2.96 bits per heavy atom. The summed E-state index contributed by atoms with van der Waals surface area (Å²) in [5.41, 5.74) is 3.53. The van der Waals surface area contributed by atoms with Crippen molar-refractivity contribution in [3.63, 3.8) is 0 Å². The van der Waals surface area contributed by atoms with Gasteiger partial charge in [-0.05, 0) is 30.3 Å². The number of likely N-dealkylation sites (N-methyl/N-ethyl adjacent to an activating group) is 1. The minimum absolute atomic E-state index is 0.0441. The predicted octanol–water partition coefficient (Wildman–Crippen LogP) is 2.94. The van der Waals surface area contributed by atoms with Crippen LogP contribution in [-0.2, 0) is 6.42 Å². The number of aromatic nitrogens is 2. The number of benzene rings is 1. The molecule has 2 aromatic heterocycles. The molecular formula is C20H22N4OS. The van der Waals surface area contributed by atoms with Crippen LogP contribution in [-0.4, -0.2) is 58.9 Å². The predicted molar refractivity (Wildman–Crippen MR) is 104 cm³/mol. The van der Waals surface area contributed by atoms with Crippen molar-refractivity contribution >= 4 is 28.0 Å². The molecule has 1 saturated heterocycles. The van der Waals surface area contributed by atoms with Crippen LogP contribution in [0.15, 0.2) is 47.5 Å². The van der Waals surface area contributed by atoms with Gasteiger partial charge in [-0.25, -0.2) is 4.98 Å². The molecule has 0 N–H and O–H groups in total. The molecule has 1 aliphatic rings. The molecule has 0 bridgehead atoms. The van der Waals surface area contributed by atoms with E-state index in [4.69, 9.17) is 0 Å². The highest BCUT2D eigenvalue weighted by atomic mass is 32.1. The van der Waals surface area contributed by atoms with Crippen LogP contribution in [0.1, 0.15) is 16.1 Å². The van der Waals surface area contributed by atoms with E-state index >= 15 is 0 Å². The van der Waals surface area contributed by atoms with Gasteiger partial charge in [0.1, 0.15) is 5.69 Å². The van der Waals surface area contributed by atoms with Gasteiger partial charge in [0.2, 0.25) is 0 Å². The first-order valence-corrected chi connectivity index (χ1v) is 9.82. The lowest BCUT2D eigenvalue weighted by Gasteiger charge is -2.24. The first-order chi connectivity index (χ1) is 12.7. The van der Waals surface area contributed by atoms with Crippen molar-refractivity contribution in [2.24, 2.45) is 5.92 Å². The molecule has 4 rings (SSSR count). The van der Waals surface area contributed by atoms with E-state index in [0.717, 1.165) is 32.6 Å². The number of rotatable bonds is 3. The van der Waals surface area contributed by atoms with Gasteiger partial charge in [0, 0.05) is 49.3 Å². The molecule has 1 aromatic carbocycles. The molecule has 0 aliphatic carbocycles. The molecule has 1 unspecified atom stereocenters. The number of thiazole rings is 1. The van der Waals surface area contributed by atoms with Crippen molar-refractivity contribution < 1.29 is 4.79 Å². The van der Waals surface area contributed by atoms with Crippen LogP contribution in [0.2, 0.25) is 0 Å². The summed E-state index contributed by atoms with van der Waals surface area (Å²) in [7, 11) is 2.13. The van der Waals surface area contributed by atoms with Gasteiger partial charge in [0.05, 0.1) is 5.51 Å². The SMILES string of the molecule is CN1CCN(C(=O)c2cscn2)CC(Cc2cncc3ccccc23)C1. The second-order valence-electron chi connectivity index (χ2n) is 6.98. The summed E-state index contributed by atoms with van der Waals surface area (Å²) < 4.78 is 0. The fraction of sp³-hybridized carbons (Fsp3) is 0.350. The maximum Gasteiger partial charge on any atom is 0.273 e. The molecule has 3 aromatic rings. The van der Waals surface area contributed by atoms with Crippen molar-refractivity contribution in [3.8, 4) is 0 Å². The standard InChI is InChI=1S/C20H22N4OS/c1-23-6-7-24(20(25)19-13-26-14-22-19)12-15(11-23)8-17-10-21-9-16-4-2-3-5-18(16)17/h2-5,9-10,13-15H,6-8,11-12H2,1H3. The monoisotopic (exact) mass is 366 g/mol. The van der Waals surface area contributed by atoms with Gasteiger partial charge >= 0.3 is 0 Å². The van der Waals surface area contributed by atoms with Gasteiger partial charge in [-0.2, -0.15) is 0 Å². The number of fused-ring (bicyclic) bond motifs is 1. The van der Waals surface area contributed by atoms with Crippen molar-refractivity contribution in [2.45, 2.75) is 6.42 Å². The Bertz CT molecular complexity index is 890. The van der Waals surface area contributed by atoms with E-state index in [-0.39, 0.29) is 5.91 Å². The van der Waals surface area contributed by atoms with Crippen molar-refractivity contribution in [1.29, 1.82) is 0 Å². The summed E-state index contributed by atoms with van der Waals surface area (Å²) >= 11 is 1.47. The Balaban J connectivity index is 1.57. The second kappa shape index (κ2) is 7.51. The van der Waals surface area contributed by atoms with Crippen molar-refractivity contribution in [2.75, 3.05) is 33.2 Å². The van der Waals surface area contributed by atoms with Crippen LogP contribution in [0.4, 0.5) is 0 Å². The molecule has 1 aliphatic heterocycles. The minimum atomic E-state index is 0.0441. The molecule has 1 atom stereocenters. The van der Waals surface area contributed by atoms with Gasteiger partial charge in [0.25, 0.3) is 5.91 Å². The van der Waals surface area contributed by atoms with E-state index in [1.807, 2.05) is 28.7 Å². The summed E-state index contributed by atoms with van der Waals surface area (Å²) in [4.78, 5) is 25.7. The Hall–Kier alpha value is -2.31. The average Bonchev–Trinajstić information content (AvgIpc) is 3.13. The smallest absolute Gasteiger partial charge is 0.273 e. The summed E-state index contributed by atoms with van der Waals surface area (Å²) in [5, 5.41) is 4.26. The van der Waals surface area contributed by atoms with Crippen LogP contribution in [0.25, 0.3) is 10.8 Å². The first kappa shape index (κ1) is 17.1. The van der Waals surface area contributed by atoms with E-state index in [0.29, 0.717) is 11.6 Å². The van der Waals surface area contributed by atoms with Crippen molar-refractivity contribution in [1.82, 2.24) is 19.8 Å². The highest BCUT2D eigenvalue weighted by Gasteiger charge is 2.26. The van der Waals surface area contributed by atoms with Gasteiger partial charge in [-0.15, -0.1) is 11.3 Å². The Morgan fingerprint density at radius 1 is 1.23 bits per heavy atom. The highest BCUT2D eigenvalue weighted by Crippen LogP contribution is 2.22. The molecule has 1 amide bonds. The Morgan fingerprint density at radius 2 is 2.12 bits per heavy atom. The molecule has 0 spiro atoms. The van der Waals surface area contributed by atoms with E-state index in [1.54, 1.807) is 5.51 Å². The van der Waals surface area contributed by atoms with Gasteiger partial charge in [-0.1, -0.05) is 24.3 Å². The third kappa shape index (κ3) is 3.61. The molecule has 0 saturated carbocycles. The highest BCUT2D eigenvalue weighted by molar-refractivity contribution is 7.07. The van der Waals surface area contributed by atoms with Crippen LogP contribution in [0, 0.1) is 5.92 Å². The van der Waals surface area contributed by atoms with E-state index in [9.17, 15) is 4.79 Å². The maximum absolute atomic E-state index is 12.8. The molecule has 0 radical (unpaired) electrons. The molecule has 134 valence electrons. The van der Waals surface area contributed by atoms with Crippen LogP contribution in [0.5, 0.6) is 0 Å². The van der Waals surface area contributed by atoms with E-state index in [2.05, 4.69) is 40.1 Å². The number of carbonyl (C=O) groups excluding carboxylic acids is 1. The molecular weight excluding hydrogens is 344 g/mol. The number of hydrogen-bond acceptors (Lipinski definition) is 5. The lowest BCUT2D eigenvalue weighted by atomic mass is 9.96. The summed E-state index contributed by atoms with van der Waals surface area (Å²) in [5.74, 6) is 0.417.